The first-order valence-corrected chi connectivity index (χ1v) is 9.22. The molecule has 3 aromatic rings. The van der Waals surface area contributed by atoms with E-state index >= 15 is 0 Å². The third-order valence-electron chi connectivity index (χ3n) is 4.54. The Morgan fingerprint density at radius 2 is 1.93 bits per heavy atom. The highest BCUT2D eigenvalue weighted by Crippen LogP contribution is 2.11. The van der Waals surface area contributed by atoms with Crippen molar-refractivity contribution >= 4 is 22.9 Å². The Morgan fingerprint density at radius 3 is 2.71 bits per heavy atom. The minimum atomic E-state index is -0.569. The molecular weight excluding hydrogens is 358 g/mol. The minimum absolute atomic E-state index is 0.0963. The molecule has 1 heterocycles. The van der Waals surface area contributed by atoms with Gasteiger partial charge < -0.3 is 15.1 Å². The largest absolute Gasteiger partial charge is 0.420 e. The fraction of sp³-hybridized carbons (Fsp3) is 0.286. The lowest BCUT2D eigenvalue weighted by Crippen LogP contribution is -2.32. The molecular formula is C21H23N3O4. The lowest BCUT2D eigenvalue weighted by atomic mass is 10.1. The quantitative estimate of drug-likeness (QED) is 0.657. The number of rotatable bonds is 7. The monoisotopic (exact) mass is 381 g/mol. The number of carbonyl (C=O) groups excluding carboxylic acids is 2. The number of amides is 2. The summed E-state index contributed by atoms with van der Waals surface area (Å²) in [6.07, 6.45) is 0.851. The van der Waals surface area contributed by atoms with Gasteiger partial charge in [0.05, 0.1) is 5.52 Å². The number of oxazole rings is 1. The van der Waals surface area contributed by atoms with E-state index in [1.165, 1.54) is 4.57 Å². The van der Waals surface area contributed by atoms with Crippen molar-refractivity contribution in [3.63, 3.8) is 0 Å². The molecule has 146 valence electrons. The Bertz CT molecular complexity index is 1050. The smallest absolute Gasteiger partial charge is 0.408 e. The van der Waals surface area contributed by atoms with Crippen molar-refractivity contribution in [3.05, 3.63) is 70.2 Å². The van der Waals surface area contributed by atoms with Gasteiger partial charge in [-0.2, -0.15) is 0 Å². The number of nitrogens with zero attached hydrogens (tertiary/aromatic N) is 1. The van der Waals surface area contributed by atoms with Gasteiger partial charge in [-0.05, 0) is 43.2 Å². The summed E-state index contributed by atoms with van der Waals surface area (Å²) in [6.45, 7) is 4.08. The molecule has 0 unspecified atom stereocenters. The molecule has 2 aromatic carbocycles. The van der Waals surface area contributed by atoms with E-state index in [1.54, 1.807) is 42.5 Å². The normalized spacial score (nSPS) is 11.9. The zero-order valence-electron chi connectivity index (χ0n) is 15.9. The Balaban J connectivity index is 1.63. The summed E-state index contributed by atoms with van der Waals surface area (Å²) in [5.41, 5.74) is 2.37. The highest BCUT2D eigenvalue weighted by molar-refractivity contribution is 5.94. The second kappa shape index (κ2) is 8.56. The van der Waals surface area contributed by atoms with Crippen LogP contribution in [0.5, 0.6) is 0 Å². The van der Waals surface area contributed by atoms with E-state index in [2.05, 4.69) is 10.6 Å². The van der Waals surface area contributed by atoms with Gasteiger partial charge in [-0.25, -0.2) is 4.79 Å². The van der Waals surface area contributed by atoms with Crippen LogP contribution >= 0.6 is 0 Å². The van der Waals surface area contributed by atoms with E-state index in [0.29, 0.717) is 16.7 Å². The number of benzene rings is 2. The average Bonchev–Trinajstić information content (AvgIpc) is 3.01. The van der Waals surface area contributed by atoms with Crippen LogP contribution in [0.4, 0.5) is 0 Å². The maximum Gasteiger partial charge on any atom is 0.420 e. The number of aromatic nitrogens is 1. The average molecular weight is 381 g/mol. The van der Waals surface area contributed by atoms with Crippen LogP contribution in [0.25, 0.3) is 11.1 Å². The van der Waals surface area contributed by atoms with Crippen LogP contribution in [0.2, 0.25) is 0 Å². The second-order valence-electron chi connectivity index (χ2n) is 6.68. The van der Waals surface area contributed by atoms with Gasteiger partial charge in [-0.15, -0.1) is 0 Å². The summed E-state index contributed by atoms with van der Waals surface area (Å²) in [5, 5.41) is 5.69. The SMILES string of the molecule is CC[C@H](C)NC(=O)c1cccc(CNC(=O)Cn2c(=O)oc3ccccc32)c1. The minimum Gasteiger partial charge on any atom is -0.408 e. The zero-order chi connectivity index (χ0) is 20.1. The molecule has 3 rings (SSSR count). The van der Waals surface area contributed by atoms with Crippen molar-refractivity contribution in [1.29, 1.82) is 0 Å². The van der Waals surface area contributed by atoms with Crippen molar-refractivity contribution in [1.82, 2.24) is 15.2 Å². The molecule has 7 nitrogen and oxygen atoms in total. The Labute approximate surface area is 162 Å². The summed E-state index contributed by atoms with van der Waals surface area (Å²) in [7, 11) is 0. The first kappa shape index (κ1) is 19.4. The van der Waals surface area contributed by atoms with Crippen LogP contribution in [-0.4, -0.2) is 22.4 Å². The highest BCUT2D eigenvalue weighted by atomic mass is 16.4. The number of hydrogen-bond donors (Lipinski definition) is 2. The molecule has 0 saturated carbocycles. The summed E-state index contributed by atoms with van der Waals surface area (Å²) in [5.74, 6) is -1.03. The maximum absolute atomic E-state index is 12.3. The molecule has 1 atom stereocenters. The number of nitrogens with one attached hydrogen (secondary N) is 2. The predicted octanol–water partition coefficient (Wildman–Crippen LogP) is 2.44. The molecule has 0 radical (unpaired) electrons. The Kier molecular flexibility index (Phi) is 5.93. The van der Waals surface area contributed by atoms with Crippen molar-refractivity contribution in [3.8, 4) is 0 Å². The fourth-order valence-electron chi connectivity index (χ4n) is 2.80. The van der Waals surface area contributed by atoms with Crippen LogP contribution in [0.15, 0.2) is 57.7 Å². The number of hydrogen-bond acceptors (Lipinski definition) is 4. The van der Waals surface area contributed by atoms with Crippen molar-refractivity contribution in [2.45, 2.75) is 39.4 Å². The van der Waals surface area contributed by atoms with Gasteiger partial charge in [0.15, 0.2) is 5.58 Å². The summed E-state index contributed by atoms with van der Waals surface area (Å²) >= 11 is 0. The Hall–Kier alpha value is -3.35. The van der Waals surface area contributed by atoms with E-state index in [4.69, 9.17) is 4.42 Å². The summed E-state index contributed by atoms with van der Waals surface area (Å²) in [6, 6.07) is 14.1. The molecule has 2 N–H and O–H groups in total. The van der Waals surface area contributed by atoms with Gasteiger partial charge in [-0.3, -0.25) is 14.2 Å². The standard InChI is InChI=1S/C21H23N3O4/c1-3-14(2)23-20(26)16-8-6-7-15(11-16)12-22-19(25)13-24-17-9-4-5-10-18(17)28-21(24)27/h4-11,14H,3,12-13H2,1-2H3,(H,22,25)(H,23,26)/t14-/m0/s1. The molecule has 0 spiro atoms. The van der Waals surface area contributed by atoms with E-state index in [-0.39, 0.29) is 30.9 Å². The van der Waals surface area contributed by atoms with Gasteiger partial charge in [-0.1, -0.05) is 31.2 Å². The number of para-hydroxylation sites is 2. The van der Waals surface area contributed by atoms with Gasteiger partial charge in [0.25, 0.3) is 5.91 Å². The number of fused-ring (bicyclic) bond motifs is 1. The third-order valence-corrected chi connectivity index (χ3v) is 4.54. The van der Waals surface area contributed by atoms with E-state index < -0.39 is 5.76 Å². The van der Waals surface area contributed by atoms with Gasteiger partial charge in [0.2, 0.25) is 5.91 Å². The van der Waals surface area contributed by atoms with Crippen molar-refractivity contribution in [2.24, 2.45) is 0 Å². The van der Waals surface area contributed by atoms with E-state index in [1.807, 2.05) is 19.9 Å². The Morgan fingerprint density at radius 1 is 1.14 bits per heavy atom. The topological polar surface area (TPSA) is 93.3 Å². The molecule has 0 aliphatic heterocycles. The summed E-state index contributed by atoms with van der Waals surface area (Å²) < 4.78 is 6.42. The highest BCUT2D eigenvalue weighted by Gasteiger charge is 2.13. The number of carbonyl (C=O) groups is 2. The van der Waals surface area contributed by atoms with Crippen LogP contribution in [0.3, 0.4) is 0 Å². The molecule has 0 aliphatic rings. The van der Waals surface area contributed by atoms with Crippen molar-refractivity contribution in [2.75, 3.05) is 0 Å². The first-order chi connectivity index (χ1) is 13.5. The van der Waals surface area contributed by atoms with E-state index in [9.17, 15) is 14.4 Å². The van der Waals surface area contributed by atoms with E-state index in [0.717, 1.165) is 12.0 Å². The lowest BCUT2D eigenvalue weighted by Gasteiger charge is -2.12. The molecule has 1 aromatic heterocycles. The van der Waals surface area contributed by atoms with Crippen LogP contribution < -0.4 is 16.4 Å². The van der Waals surface area contributed by atoms with Crippen LogP contribution in [0, 0.1) is 0 Å². The molecule has 0 fully saturated rings. The van der Waals surface area contributed by atoms with Crippen LogP contribution in [-0.2, 0) is 17.9 Å². The fourth-order valence-corrected chi connectivity index (χ4v) is 2.80. The molecule has 28 heavy (non-hydrogen) atoms. The molecule has 0 saturated heterocycles. The van der Waals surface area contributed by atoms with Gasteiger partial charge >= 0.3 is 5.76 Å². The maximum atomic E-state index is 12.3. The molecule has 7 heteroatoms. The molecule has 0 bridgehead atoms. The van der Waals surface area contributed by atoms with Crippen LogP contribution in [0.1, 0.15) is 36.2 Å². The second-order valence-corrected chi connectivity index (χ2v) is 6.68. The van der Waals surface area contributed by atoms with Gasteiger partial charge in [0, 0.05) is 18.2 Å². The lowest BCUT2D eigenvalue weighted by molar-refractivity contribution is -0.121. The summed E-state index contributed by atoms with van der Waals surface area (Å²) in [4.78, 5) is 36.5. The third kappa shape index (κ3) is 4.49. The van der Waals surface area contributed by atoms with Crippen molar-refractivity contribution < 1.29 is 14.0 Å². The zero-order valence-corrected chi connectivity index (χ0v) is 15.9. The van der Waals surface area contributed by atoms with Gasteiger partial charge in [0.1, 0.15) is 6.54 Å². The predicted molar refractivity (Wildman–Crippen MR) is 106 cm³/mol. The molecule has 2 amide bonds. The molecule has 0 aliphatic carbocycles. The first-order valence-electron chi connectivity index (χ1n) is 9.22.